The molecule has 0 amide bonds. The van der Waals surface area contributed by atoms with Crippen LogP contribution in [0.2, 0.25) is 0 Å². The SMILES string of the molecule is CCc1nnc(CSc2nnc3n(-c4ccccc4C)c(=O)c4ccccc4n23)o1. The fraction of sp³-hybridized carbons (Fsp3) is 0.190. The van der Waals surface area contributed by atoms with E-state index in [2.05, 4.69) is 20.4 Å². The summed E-state index contributed by atoms with van der Waals surface area (Å²) in [6.07, 6.45) is 0.693. The van der Waals surface area contributed by atoms with E-state index in [0.717, 1.165) is 16.8 Å². The highest BCUT2D eigenvalue weighted by molar-refractivity contribution is 7.98. The lowest BCUT2D eigenvalue weighted by Gasteiger charge is -2.13. The lowest BCUT2D eigenvalue weighted by Crippen LogP contribution is -2.22. The molecule has 0 spiro atoms. The van der Waals surface area contributed by atoms with Crippen LogP contribution in [0.25, 0.3) is 22.4 Å². The second kappa shape index (κ2) is 7.42. The summed E-state index contributed by atoms with van der Waals surface area (Å²) < 4.78 is 9.13. The molecule has 0 saturated heterocycles. The molecule has 0 radical (unpaired) electrons. The maximum Gasteiger partial charge on any atom is 0.267 e. The number of nitrogens with zero attached hydrogens (tertiary/aromatic N) is 6. The Hall–Kier alpha value is -3.46. The molecule has 0 aliphatic carbocycles. The number of hydrogen-bond acceptors (Lipinski definition) is 7. The maximum absolute atomic E-state index is 13.4. The molecule has 8 nitrogen and oxygen atoms in total. The third kappa shape index (κ3) is 2.98. The Labute approximate surface area is 175 Å². The van der Waals surface area contributed by atoms with Crippen LogP contribution in [0.15, 0.2) is 62.9 Å². The van der Waals surface area contributed by atoms with Crippen molar-refractivity contribution in [3.63, 3.8) is 0 Å². The molecule has 2 aromatic carbocycles. The average Bonchev–Trinajstić information content (AvgIpc) is 3.40. The molecule has 0 fully saturated rings. The third-order valence-electron chi connectivity index (χ3n) is 4.89. The van der Waals surface area contributed by atoms with E-state index in [-0.39, 0.29) is 5.56 Å². The van der Waals surface area contributed by atoms with E-state index in [9.17, 15) is 4.79 Å². The molecular weight excluding hydrogens is 400 g/mol. The number of thioether (sulfide) groups is 1. The van der Waals surface area contributed by atoms with Crippen molar-refractivity contribution in [3.05, 3.63) is 76.2 Å². The Balaban J connectivity index is 1.71. The van der Waals surface area contributed by atoms with E-state index >= 15 is 0 Å². The zero-order valence-corrected chi connectivity index (χ0v) is 17.3. The van der Waals surface area contributed by atoms with Gasteiger partial charge in [-0.3, -0.25) is 9.20 Å². The molecule has 0 unspecified atom stereocenters. The minimum absolute atomic E-state index is 0.124. The van der Waals surface area contributed by atoms with Gasteiger partial charge < -0.3 is 4.42 Å². The Kier molecular flexibility index (Phi) is 4.59. The fourth-order valence-corrected chi connectivity index (χ4v) is 4.20. The first-order chi connectivity index (χ1) is 14.7. The number of rotatable bonds is 5. The first-order valence-corrected chi connectivity index (χ1v) is 10.5. The van der Waals surface area contributed by atoms with Gasteiger partial charge in [0, 0.05) is 6.42 Å². The Morgan fingerprint density at radius 1 is 0.967 bits per heavy atom. The van der Waals surface area contributed by atoms with Crippen LogP contribution in [0.1, 0.15) is 24.3 Å². The molecule has 0 N–H and O–H groups in total. The molecule has 0 aliphatic rings. The van der Waals surface area contributed by atoms with Gasteiger partial charge in [0.05, 0.1) is 22.3 Å². The second-order valence-electron chi connectivity index (χ2n) is 6.79. The van der Waals surface area contributed by atoms with Crippen molar-refractivity contribution in [1.29, 1.82) is 0 Å². The van der Waals surface area contributed by atoms with Crippen LogP contribution < -0.4 is 5.56 Å². The standard InChI is InChI=1S/C21H18N6O2S/c1-3-17-22-23-18(29-17)12-30-21-25-24-20-26(15-10-6-4-8-13(15)2)19(28)14-9-5-7-11-16(14)27(20)21/h4-11H,3,12H2,1-2H3. The third-order valence-corrected chi connectivity index (χ3v) is 5.80. The van der Waals surface area contributed by atoms with Gasteiger partial charge in [-0.05, 0) is 30.7 Å². The summed E-state index contributed by atoms with van der Waals surface area (Å²) in [6.45, 7) is 3.94. The molecule has 0 bridgehead atoms. The van der Waals surface area contributed by atoms with E-state index < -0.39 is 0 Å². The summed E-state index contributed by atoms with van der Waals surface area (Å²) in [4.78, 5) is 13.4. The molecule has 0 saturated carbocycles. The summed E-state index contributed by atoms with van der Waals surface area (Å²) in [7, 11) is 0. The van der Waals surface area contributed by atoms with E-state index in [4.69, 9.17) is 4.42 Å². The van der Waals surface area contributed by atoms with Gasteiger partial charge >= 0.3 is 0 Å². The number of fused-ring (bicyclic) bond motifs is 3. The zero-order valence-electron chi connectivity index (χ0n) is 16.4. The van der Waals surface area contributed by atoms with Crippen molar-refractivity contribution in [2.75, 3.05) is 0 Å². The highest BCUT2D eigenvalue weighted by atomic mass is 32.2. The predicted octanol–water partition coefficient (Wildman–Crippen LogP) is 3.58. The maximum atomic E-state index is 13.4. The first-order valence-electron chi connectivity index (χ1n) is 9.56. The second-order valence-corrected chi connectivity index (χ2v) is 7.74. The van der Waals surface area contributed by atoms with Crippen LogP contribution in [0, 0.1) is 6.92 Å². The zero-order chi connectivity index (χ0) is 20.7. The summed E-state index contributed by atoms with van der Waals surface area (Å²) in [5.74, 6) is 2.07. The fourth-order valence-electron chi connectivity index (χ4n) is 3.42. The van der Waals surface area contributed by atoms with Crippen LogP contribution in [0.4, 0.5) is 0 Å². The Morgan fingerprint density at radius 3 is 2.53 bits per heavy atom. The van der Waals surface area contributed by atoms with Gasteiger partial charge in [-0.15, -0.1) is 20.4 Å². The van der Waals surface area contributed by atoms with Crippen molar-refractivity contribution >= 4 is 28.4 Å². The molecule has 30 heavy (non-hydrogen) atoms. The summed E-state index contributed by atoms with van der Waals surface area (Å²) in [5, 5.41) is 18.1. The summed E-state index contributed by atoms with van der Waals surface area (Å²) >= 11 is 1.44. The lowest BCUT2D eigenvalue weighted by molar-refractivity contribution is 0.470. The normalized spacial score (nSPS) is 11.5. The van der Waals surface area contributed by atoms with E-state index in [1.807, 2.05) is 66.8 Å². The number of benzene rings is 2. The van der Waals surface area contributed by atoms with Gasteiger partial charge in [0.1, 0.15) is 0 Å². The molecule has 5 aromatic rings. The molecule has 0 aliphatic heterocycles. The Morgan fingerprint density at radius 2 is 1.73 bits per heavy atom. The molecule has 3 heterocycles. The number of para-hydroxylation sites is 2. The van der Waals surface area contributed by atoms with Crippen molar-refractivity contribution in [3.8, 4) is 5.69 Å². The summed E-state index contributed by atoms with van der Waals surface area (Å²) in [6, 6.07) is 15.2. The van der Waals surface area contributed by atoms with Gasteiger partial charge in [0.25, 0.3) is 5.56 Å². The molecular formula is C21H18N6O2S. The average molecular weight is 418 g/mol. The van der Waals surface area contributed by atoms with Gasteiger partial charge in [0.15, 0.2) is 5.16 Å². The van der Waals surface area contributed by atoms with Gasteiger partial charge in [-0.25, -0.2) is 4.57 Å². The number of aromatic nitrogens is 6. The molecule has 3 aromatic heterocycles. The van der Waals surface area contributed by atoms with Crippen LogP contribution in [0.3, 0.4) is 0 Å². The van der Waals surface area contributed by atoms with Crippen molar-refractivity contribution < 1.29 is 4.42 Å². The van der Waals surface area contributed by atoms with Crippen LogP contribution in [0.5, 0.6) is 0 Å². The van der Waals surface area contributed by atoms with E-state index in [0.29, 0.717) is 40.3 Å². The van der Waals surface area contributed by atoms with Gasteiger partial charge in [-0.1, -0.05) is 49.0 Å². The quantitative estimate of drug-likeness (QED) is 0.403. The van der Waals surface area contributed by atoms with E-state index in [1.165, 1.54) is 11.8 Å². The van der Waals surface area contributed by atoms with Gasteiger partial charge in [-0.2, -0.15) is 0 Å². The topological polar surface area (TPSA) is 91.1 Å². The highest BCUT2D eigenvalue weighted by Gasteiger charge is 2.19. The number of aryl methyl sites for hydroxylation is 2. The predicted molar refractivity (Wildman–Crippen MR) is 114 cm³/mol. The Bertz CT molecular complexity index is 1430. The van der Waals surface area contributed by atoms with Crippen molar-refractivity contribution in [2.24, 2.45) is 0 Å². The smallest absolute Gasteiger partial charge is 0.267 e. The molecule has 9 heteroatoms. The van der Waals surface area contributed by atoms with Crippen molar-refractivity contribution in [2.45, 2.75) is 31.2 Å². The molecule has 150 valence electrons. The van der Waals surface area contributed by atoms with Crippen LogP contribution in [-0.4, -0.2) is 29.4 Å². The van der Waals surface area contributed by atoms with Crippen LogP contribution >= 0.6 is 11.8 Å². The van der Waals surface area contributed by atoms with Crippen molar-refractivity contribution in [1.82, 2.24) is 29.4 Å². The van der Waals surface area contributed by atoms with Gasteiger partial charge in [0.2, 0.25) is 17.6 Å². The largest absolute Gasteiger partial charge is 0.424 e. The van der Waals surface area contributed by atoms with E-state index in [1.54, 1.807) is 4.57 Å². The summed E-state index contributed by atoms with van der Waals surface area (Å²) in [5.41, 5.74) is 2.40. The molecule has 0 atom stereocenters. The molecule has 5 rings (SSSR count). The highest BCUT2D eigenvalue weighted by Crippen LogP contribution is 2.26. The lowest BCUT2D eigenvalue weighted by atomic mass is 10.2. The number of hydrogen-bond donors (Lipinski definition) is 0. The minimum atomic E-state index is -0.124. The minimum Gasteiger partial charge on any atom is -0.424 e. The first kappa shape index (κ1) is 18.6. The monoisotopic (exact) mass is 418 g/mol. The van der Waals surface area contributed by atoms with Crippen LogP contribution in [-0.2, 0) is 12.2 Å².